The number of carboxylic acids is 1. The second-order valence-electron chi connectivity index (χ2n) is 9.39. The Bertz CT molecular complexity index is 1050. The third-order valence-electron chi connectivity index (χ3n) is 6.30. The van der Waals surface area contributed by atoms with Gasteiger partial charge in [0.1, 0.15) is 24.7 Å². The Hall–Kier alpha value is -4.24. The molecule has 11 N–H and O–H groups in total. The lowest BCUT2D eigenvalue weighted by Gasteiger charge is -2.28. The monoisotopic (exact) mass is 562 g/mol. The first kappa shape index (κ1) is 32.0. The highest BCUT2D eigenvalue weighted by atomic mass is 16.4. The average Bonchev–Trinajstić information content (AvgIpc) is 3.41. The van der Waals surface area contributed by atoms with E-state index in [9.17, 15) is 29.1 Å². The molecule has 1 heterocycles. The van der Waals surface area contributed by atoms with E-state index in [0.29, 0.717) is 25.8 Å². The smallest absolute Gasteiger partial charge is 0.322 e. The normalized spacial score (nSPS) is 16.8. The van der Waals surface area contributed by atoms with Crippen molar-refractivity contribution in [3.05, 3.63) is 35.9 Å². The minimum absolute atomic E-state index is 0.0494. The van der Waals surface area contributed by atoms with Gasteiger partial charge in [-0.3, -0.25) is 29.4 Å². The van der Waals surface area contributed by atoms with Crippen molar-refractivity contribution in [2.45, 2.75) is 56.3 Å². The molecule has 1 saturated heterocycles. The van der Waals surface area contributed by atoms with E-state index in [1.165, 1.54) is 4.90 Å². The fraction of sp³-hybridized carbons (Fsp3) is 0.520. The van der Waals surface area contributed by atoms with Crippen LogP contribution in [0.15, 0.2) is 30.3 Å². The van der Waals surface area contributed by atoms with Crippen molar-refractivity contribution in [2.24, 2.45) is 11.5 Å². The van der Waals surface area contributed by atoms with E-state index in [2.05, 4.69) is 21.3 Å². The number of hydrogen-bond acceptors (Lipinski definition) is 8. The highest BCUT2D eigenvalue weighted by molar-refractivity contribution is 5.95. The minimum Gasteiger partial charge on any atom is -0.480 e. The van der Waals surface area contributed by atoms with Gasteiger partial charge in [0.05, 0.1) is 12.6 Å². The maximum absolute atomic E-state index is 13.1. The van der Waals surface area contributed by atoms with Crippen LogP contribution in [0.25, 0.3) is 0 Å². The van der Waals surface area contributed by atoms with Crippen LogP contribution in [0.4, 0.5) is 0 Å². The standard InChI is InChI=1S/C25H38N8O7/c26-16(12-15-6-2-1-3-7-15)24(40)33-11-5-9-19(33)23(39)32-18(14-34)22(38)31-17(8-4-10-29-25(27)28)21(37)30-13-20(35)36/h1-3,6-7,16-19,34H,4-5,8-14,26H2,(H,30,37)(H,31,38)(H,32,39)(H,35,36)(H4,27,28,29)/t16-,17-,18-,19-/m0/s1. The van der Waals surface area contributed by atoms with Crippen LogP contribution >= 0.6 is 0 Å². The molecular weight excluding hydrogens is 524 g/mol. The van der Waals surface area contributed by atoms with Crippen LogP contribution in [-0.4, -0.2) is 101 Å². The molecule has 40 heavy (non-hydrogen) atoms. The molecule has 0 spiro atoms. The van der Waals surface area contributed by atoms with Crippen LogP contribution in [0.2, 0.25) is 0 Å². The van der Waals surface area contributed by atoms with Gasteiger partial charge in [0.15, 0.2) is 5.96 Å². The molecule has 0 aliphatic carbocycles. The molecule has 15 nitrogen and oxygen atoms in total. The first-order chi connectivity index (χ1) is 19.0. The number of carbonyl (C=O) groups excluding carboxylic acids is 4. The summed E-state index contributed by atoms with van der Waals surface area (Å²) in [5.41, 5.74) is 12.2. The molecule has 0 saturated carbocycles. The number of nitrogens with one attached hydrogen (secondary N) is 5. The first-order valence-corrected chi connectivity index (χ1v) is 12.9. The van der Waals surface area contributed by atoms with Crippen LogP contribution in [0, 0.1) is 5.41 Å². The molecule has 0 aromatic heterocycles. The van der Waals surface area contributed by atoms with Crippen LogP contribution in [0.1, 0.15) is 31.2 Å². The van der Waals surface area contributed by atoms with Crippen molar-refractivity contribution in [2.75, 3.05) is 26.2 Å². The van der Waals surface area contributed by atoms with Gasteiger partial charge in [-0.25, -0.2) is 0 Å². The van der Waals surface area contributed by atoms with Crippen molar-refractivity contribution < 1.29 is 34.2 Å². The lowest BCUT2D eigenvalue weighted by atomic mass is 10.0. The first-order valence-electron chi connectivity index (χ1n) is 12.9. The van der Waals surface area contributed by atoms with Gasteiger partial charge in [-0.15, -0.1) is 0 Å². The summed E-state index contributed by atoms with van der Waals surface area (Å²) in [5, 5.41) is 35.4. The molecule has 1 aliphatic rings. The zero-order chi connectivity index (χ0) is 29.7. The molecule has 4 atom stereocenters. The summed E-state index contributed by atoms with van der Waals surface area (Å²) >= 11 is 0. The number of nitrogens with zero attached hydrogens (tertiary/aromatic N) is 1. The Morgan fingerprint density at radius 3 is 2.38 bits per heavy atom. The third-order valence-corrected chi connectivity index (χ3v) is 6.30. The summed E-state index contributed by atoms with van der Waals surface area (Å²) in [5.74, 6) is -4.26. The van der Waals surface area contributed by atoms with Crippen LogP contribution in [0.5, 0.6) is 0 Å². The van der Waals surface area contributed by atoms with Gasteiger partial charge < -0.3 is 47.8 Å². The van der Waals surface area contributed by atoms with E-state index < -0.39 is 66.9 Å². The van der Waals surface area contributed by atoms with E-state index in [4.69, 9.17) is 22.0 Å². The minimum atomic E-state index is -1.44. The van der Waals surface area contributed by atoms with E-state index in [-0.39, 0.29) is 25.3 Å². The second kappa shape index (κ2) is 16.0. The van der Waals surface area contributed by atoms with Gasteiger partial charge in [0, 0.05) is 13.1 Å². The van der Waals surface area contributed by atoms with Gasteiger partial charge in [0.25, 0.3) is 0 Å². The molecule has 1 fully saturated rings. The van der Waals surface area contributed by atoms with E-state index in [1.807, 2.05) is 30.3 Å². The average molecular weight is 563 g/mol. The Balaban J connectivity index is 2.01. The number of benzene rings is 1. The second-order valence-corrected chi connectivity index (χ2v) is 9.39. The van der Waals surface area contributed by atoms with Gasteiger partial charge in [-0.1, -0.05) is 30.3 Å². The Kier molecular flexibility index (Phi) is 12.8. The van der Waals surface area contributed by atoms with E-state index in [1.54, 1.807) is 0 Å². The van der Waals surface area contributed by atoms with Crippen LogP contribution in [-0.2, 0) is 30.4 Å². The molecule has 0 bridgehead atoms. The third kappa shape index (κ3) is 10.1. The SMILES string of the molecule is N=C(N)NCCC[C@H](NC(=O)[C@H](CO)NC(=O)[C@@H]1CCCN1C(=O)[C@@H](N)Cc1ccccc1)C(=O)NCC(=O)O. The van der Waals surface area contributed by atoms with Crippen molar-refractivity contribution in [1.82, 2.24) is 26.2 Å². The molecular formula is C25H38N8O7. The number of nitrogens with two attached hydrogens (primary N) is 2. The number of aliphatic carboxylic acids is 1. The molecule has 15 heteroatoms. The van der Waals surface area contributed by atoms with Crippen molar-refractivity contribution in [1.29, 1.82) is 5.41 Å². The number of carboxylic acid groups (broad SMARTS) is 1. The molecule has 2 rings (SSSR count). The maximum Gasteiger partial charge on any atom is 0.322 e. The number of rotatable bonds is 15. The summed E-state index contributed by atoms with van der Waals surface area (Å²) in [4.78, 5) is 63.7. The summed E-state index contributed by atoms with van der Waals surface area (Å²) < 4.78 is 0. The fourth-order valence-electron chi connectivity index (χ4n) is 4.29. The lowest BCUT2D eigenvalue weighted by Crippen LogP contribution is -2.58. The predicted molar refractivity (Wildman–Crippen MR) is 144 cm³/mol. The maximum atomic E-state index is 13.1. The molecule has 4 amide bonds. The summed E-state index contributed by atoms with van der Waals surface area (Å²) in [6, 6.07) is 4.84. The Morgan fingerprint density at radius 2 is 1.75 bits per heavy atom. The summed E-state index contributed by atoms with van der Waals surface area (Å²) in [7, 11) is 0. The molecule has 1 aromatic carbocycles. The number of hydrogen-bond donors (Lipinski definition) is 9. The van der Waals surface area contributed by atoms with Crippen molar-refractivity contribution in [3.8, 4) is 0 Å². The van der Waals surface area contributed by atoms with Crippen LogP contribution in [0.3, 0.4) is 0 Å². The molecule has 1 aliphatic heterocycles. The molecule has 1 aromatic rings. The number of likely N-dealkylation sites (tertiary alicyclic amines) is 1. The number of amides is 4. The van der Waals surface area contributed by atoms with Crippen molar-refractivity contribution >= 4 is 35.6 Å². The lowest BCUT2D eigenvalue weighted by molar-refractivity contribution is -0.141. The topological polar surface area (TPSA) is 253 Å². The van der Waals surface area contributed by atoms with Gasteiger partial charge in [-0.05, 0) is 37.7 Å². The fourth-order valence-corrected chi connectivity index (χ4v) is 4.29. The van der Waals surface area contributed by atoms with E-state index in [0.717, 1.165) is 5.56 Å². The molecule has 220 valence electrons. The molecule has 0 unspecified atom stereocenters. The number of aliphatic hydroxyl groups is 1. The summed E-state index contributed by atoms with van der Waals surface area (Å²) in [6.45, 7) is -0.933. The Morgan fingerprint density at radius 1 is 1.05 bits per heavy atom. The van der Waals surface area contributed by atoms with Gasteiger partial charge >= 0.3 is 5.97 Å². The highest BCUT2D eigenvalue weighted by Gasteiger charge is 2.38. The molecule has 0 radical (unpaired) electrons. The summed E-state index contributed by atoms with van der Waals surface area (Å²) in [6.07, 6.45) is 1.52. The van der Waals surface area contributed by atoms with Gasteiger partial charge in [0.2, 0.25) is 23.6 Å². The van der Waals surface area contributed by atoms with Crippen LogP contribution < -0.4 is 32.7 Å². The zero-order valence-electron chi connectivity index (χ0n) is 22.1. The quantitative estimate of drug-likeness (QED) is 0.0594. The predicted octanol–water partition coefficient (Wildman–Crippen LogP) is -3.03. The van der Waals surface area contributed by atoms with Gasteiger partial charge in [-0.2, -0.15) is 0 Å². The number of aliphatic hydroxyl groups excluding tert-OH is 1. The largest absolute Gasteiger partial charge is 0.480 e. The van der Waals surface area contributed by atoms with E-state index >= 15 is 0 Å². The number of guanidine groups is 1. The van der Waals surface area contributed by atoms with Crippen molar-refractivity contribution in [3.63, 3.8) is 0 Å². The number of carbonyl (C=O) groups is 5. The highest BCUT2D eigenvalue weighted by Crippen LogP contribution is 2.19. The zero-order valence-corrected chi connectivity index (χ0v) is 22.1. The Labute approximate surface area is 231 Å².